The Kier molecular flexibility index (Phi) is 9.44. The van der Waals surface area contributed by atoms with Crippen molar-refractivity contribution >= 4 is 33.4 Å². The number of ether oxygens (including phenoxy) is 2. The predicted molar refractivity (Wildman–Crippen MR) is 122 cm³/mol. The third kappa shape index (κ3) is 7.95. The number of methoxy groups -OCH3 is 2. The van der Waals surface area contributed by atoms with Gasteiger partial charge in [0.2, 0.25) is 15.9 Å². The molecule has 2 aromatic carbocycles. The number of nitrogens with zero attached hydrogens (tertiary/aromatic N) is 1. The van der Waals surface area contributed by atoms with Crippen molar-refractivity contribution in [1.82, 2.24) is 5.32 Å². The molecule has 170 valence electrons. The van der Waals surface area contributed by atoms with Crippen molar-refractivity contribution in [2.45, 2.75) is 12.2 Å². The number of hydrogen-bond acceptors (Lipinski definition) is 6. The van der Waals surface area contributed by atoms with E-state index in [1.54, 1.807) is 36.0 Å². The van der Waals surface area contributed by atoms with Gasteiger partial charge in [0.25, 0.3) is 0 Å². The Hall–Kier alpha value is -2.46. The maximum atomic E-state index is 12.9. The van der Waals surface area contributed by atoms with Crippen molar-refractivity contribution in [1.29, 1.82) is 0 Å². The van der Waals surface area contributed by atoms with E-state index >= 15 is 0 Å². The van der Waals surface area contributed by atoms with E-state index in [4.69, 9.17) is 9.47 Å². The molecule has 0 unspecified atom stereocenters. The van der Waals surface area contributed by atoms with E-state index in [1.807, 2.05) is 0 Å². The first-order chi connectivity index (χ1) is 14.7. The van der Waals surface area contributed by atoms with E-state index in [9.17, 15) is 17.6 Å². The lowest BCUT2D eigenvalue weighted by Gasteiger charge is -2.24. The van der Waals surface area contributed by atoms with Gasteiger partial charge in [0.05, 0.1) is 26.2 Å². The molecule has 0 spiro atoms. The predicted octanol–water partition coefficient (Wildman–Crippen LogP) is 3.05. The van der Waals surface area contributed by atoms with Crippen LogP contribution in [0.25, 0.3) is 0 Å². The first kappa shape index (κ1) is 24.8. The average molecular weight is 471 g/mol. The minimum Gasteiger partial charge on any atom is -0.497 e. The van der Waals surface area contributed by atoms with Crippen LogP contribution in [-0.2, 0) is 20.6 Å². The molecule has 7 nitrogen and oxygen atoms in total. The standard InChI is InChI=1S/C21H27FN2O5S2/c1-28-18-9-10-20(29-2)19(13-18)24(31(3,26)27)14-21(25)23-11-4-12-30-15-16-5-7-17(22)8-6-16/h5-10,13H,4,11-12,14-15H2,1-3H3,(H,23,25). The van der Waals surface area contributed by atoms with Crippen LogP contribution in [0.4, 0.5) is 10.1 Å². The molecule has 0 heterocycles. The summed E-state index contributed by atoms with van der Waals surface area (Å²) in [5, 5.41) is 2.75. The summed E-state index contributed by atoms with van der Waals surface area (Å²) in [4.78, 5) is 12.4. The highest BCUT2D eigenvalue weighted by molar-refractivity contribution is 7.98. The molecule has 0 radical (unpaired) electrons. The van der Waals surface area contributed by atoms with Crippen LogP contribution in [0.15, 0.2) is 42.5 Å². The highest BCUT2D eigenvalue weighted by atomic mass is 32.2. The van der Waals surface area contributed by atoms with Gasteiger partial charge in [0, 0.05) is 18.4 Å². The summed E-state index contributed by atoms with van der Waals surface area (Å²) in [5.74, 6) is 1.65. The third-order valence-electron chi connectivity index (χ3n) is 4.31. The van der Waals surface area contributed by atoms with E-state index in [-0.39, 0.29) is 18.0 Å². The SMILES string of the molecule is COc1ccc(OC)c(N(CC(=O)NCCCSCc2ccc(F)cc2)S(C)(=O)=O)c1. The summed E-state index contributed by atoms with van der Waals surface area (Å²) in [6.07, 6.45) is 1.75. The summed E-state index contributed by atoms with van der Waals surface area (Å²) in [6, 6.07) is 11.1. The summed E-state index contributed by atoms with van der Waals surface area (Å²) in [5.41, 5.74) is 1.26. The third-order valence-corrected chi connectivity index (χ3v) is 6.55. The smallest absolute Gasteiger partial charge is 0.240 e. The van der Waals surface area contributed by atoms with Crippen molar-refractivity contribution in [3.63, 3.8) is 0 Å². The fraction of sp³-hybridized carbons (Fsp3) is 0.381. The molecule has 0 saturated carbocycles. The van der Waals surface area contributed by atoms with Crippen LogP contribution in [0.1, 0.15) is 12.0 Å². The number of thioether (sulfide) groups is 1. The number of rotatable bonds is 12. The minimum atomic E-state index is -3.74. The Bertz CT molecular complexity index is 968. The number of hydrogen-bond donors (Lipinski definition) is 1. The highest BCUT2D eigenvalue weighted by Crippen LogP contribution is 2.33. The molecular weight excluding hydrogens is 443 g/mol. The number of anilines is 1. The number of carbonyl (C=O) groups is 1. The van der Waals surface area contributed by atoms with Gasteiger partial charge in [-0.05, 0) is 42.0 Å². The van der Waals surface area contributed by atoms with E-state index in [0.29, 0.717) is 18.0 Å². The summed E-state index contributed by atoms with van der Waals surface area (Å²) < 4.78 is 49.0. The van der Waals surface area contributed by atoms with Crippen molar-refractivity contribution in [3.05, 3.63) is 53.8 Å². The van der Waals surface area contributed by atoms with Gasteiger partial charge in [-0.15, -0.1) is 0 Å². The molecule has 0 saturated heterocycles. The lowest BCUT2D eigenvalue weighted by Crippen LogP contribution is -2.40. The van der Waals surface area contributed by atoms with Gasteiger partial charge in [0.1, 0.15) is 23.9 Å². The Morgan fingerprint density at radius 3 is 2.45 bits per heavy atom. The Morgan fingerprint density at radius 1 is 1.13 bits per heavy atom. The average Bonchev–Trinajstić information content (AvgIpc) is 2.74. The van der Waals surface area contributed by atoms with Crippen molar-refractivity contribution in [2.24, 2.45) is 0 Å². The molecule has 31 heavy (non-hydrogen) atoms. The second kappa shape index (κ2) is 11.8. The highest BCUT2D eigenvalue weighted by Gasteiger charge is 2.24. The second-order valence-electron chi connectivity index (χ2n) is 6.69. The topological polar surface area (TPSA) is 84.9 Å². The van der Waals surface area contributed by atoms with E-state index in [0.717, 1.165) is 34.1 Å². The number of benzene rings is 2. The zero-order chi connectivity index (χ0) is 22.9. The van der Waals surface area contributed by atoms with Gasteiger partial charge in [-0.2, -0.15) is 11.8 Å². The van der Waals surface area contributed by atoms with Crippen LogP contribution in [0.3, 0.4) is 0 Å². The molecule has 0 atom stereocenters. The van der Waals surface area contributed by atoms with Crippen molar-refractivity contribution in [3.8, 4) is 11.5 Å². The number of carbonyl (C=O) groups excluding carboxylic acids is 1. The van der Waals surface area contributed by atoms with Gasteiger partial charge >= 0.3 is 0 Å². The van der Waals surface area contributed by atoms with E-state index in [1.165, 1.54) is 32.4 Å². The molecule has 2 aromatic rings. The van der Waals surface area contributed by atoms with Gasteiger partial charge in [-0.25, -0.2) is 12.8 Å². The molecule has 0 fully saturated rings. The summed E-state index contributed by atoms with van der Waals surface area (Å²) >= 11 is 1.68. The molecular formula is C21H27FN2O5S2. The first-order valence-corrected chi connectivity index (χ1v) is 12.5. The van der Waals surface area contributed by atoms with Crippen LogP contribution in [0.2, 0.25) is 0 Å². The zero-order valence-electron chi connectivity index (χ0n) is 17.8. The van der Waals surface area contributed by atoms with Crippen LogP contribution < -0.4 is 19.1 Å². The fourth-order valence-corrected chi connectivity index (χ4v) is 4.50. The largest absolute Gasteiger partial charge is 0.497 e. The quantitative estimate of drug-likeness (QED) is 0.480. The van der Waals surface area contributed by atoms with Gasteiger partial charge in [-0.1, -0.05) is 12.1 Å². The maximum Gasteiger partial charge on any atom is 0.240 e. The van der Waals surface area contributed by atoms with E-state index < -0.39 is 15.9 Å². The van der Waals surface area contributed by atoms with Crippen molar-refractivity contribution in [2.75, 3.05) is 43.6 Å². The van der Waals surface area contributed by atoms with E-state index in [2.05, 4.69) is 5.32 Å². The number of halogens is 1. The Balaban J connectivity index is 1.87. The molecule has 1 N–H and O–H groups in total. The number of nitrogens with one attached hydrogen (secondary N) is 1. The number of sulfonamides is 1. The molecule has 1 amide bonds. The maximum absolute atomic E-state index is 12.9. The molecule has 2 rings (SSSR count). The Morgan fingerprint density at radius 2 is 1.84 bits per heavy atom. The molecule has 0 aliphatic rings. The normalized spacial score (nSPS) is 11.1. The molecule has 0 aromatic heterocycles. The molecule has 0 aliphatic carbocycles. The lowest BCUT2D eigenvalue weighted by atomic mass is 10.2. The van der Waals surface area contributed by atoms with Crippen LogP contribution in [0, 0.1) is 5.82 Å². The van der Waals surface area contributed by atoms with Crippen LogP contribution in [0.5, 0.6) is 11.5 Å². The number of amides is 1. The zero-order valence-corrected chi connectivity index (χ0v) is 19.4. The van der Waals surface area contributed by atoms with Gasteiger partial charge in [0.15, 0.2) is 0 Å². The monoisotopic (exact) mass is 470 g/mol. The summed E-state index contributed by atoms with van der Waals surface area (Å²) in [7, 11) is -0.842. The first-order valence-electron chi connectivity index (χ1n) is 9.53. The van der Waals surface area contributed by atoms with Gasteiger partial charge < -0.3 is 14.8 Å². The summed E-state index contributed by atoms with van der Waals surface area (Å²) in [6.45, 7) is 0.0488. The molecule has 0 bridgehead atoms. The minimum absolute atomic E-state index is 0.231. The van der Waals surface area contributed by atoms with Gasteiger partial charge in [-0.3, -0.25) is 9.10 Å². The molecule has 10 heteroatoms. The second-order valence-corrected chi connectivity index (χ2v) is 9.70. The van der Waals surface area contributed by atoms with Crippen LogP contribution >= 0.6 is 11.8 Å². The van der Waals surface area contributed by atoms with Crippen LogP contribution in [-0.4, -0.2) is 53.6 Å². The molecule has 0 aliphatic heterocycles. The van der Waals surface area contributed by atoms with Crippen molar-refractivity contribution < 1.29 is 27.1 Å². The Labute approximate surface area is 187 Å². The lowest BCUT2D eigenvalue weighted by molar-refractivity contribution is -0.119. The fourth-order valence-electron chi connectivity index (χ4n) is 2.73.